The summed E-state index contributed by atoms with van der Waals surface area (Å²) in [7, 11) is 1.89. The van der Waals surface area contributed by atoms with Gasteiger partial charge in [0.1, 0.15) is 12.4 Å². The molecule has 0 spiro atoms. The third-order valence-corrected chi connectivity index (χ3v) is 4.73. The molecular weight excluding hydrogens is 332 g/mol. The van der Waals surface area contributed by atoms with Crippen LogP contribution in [0.15, 0.2) is 43.0 Å². The highest BCUT2D eigenvalue weighted by Crippen LogP contribution is 2.19. The van der Waals surface area contributed by atoms with E-state index >= 15 is 0 Å². The summed E-state index contributed by atoms with van der Waals surface area (Å²) in [5, 5.41) is 12.2. The van der Waals surface area contributed by atoms with Crippen molar-refractivity contribution in [2.75, 3.05) is 13.6 Å². The zero-order valence-electron chi connectivity index (χ0n) is 14.6. The van der Waals surface area contributed by atoms with Gasteiger partial charge < -0.3 is 10.4 Å². The Kier molecular flexibility index (Phi) is 5.58. The van der Waals surface area contributed by atoms with Crippen LogP contribution in [0.5, 0.6) is 0 Å². The molecular formula is C19H22N4O3. The van der Waals surface area contributed by atoms with Crippen molar-refractivity contribution in [3.8, 4) is 11.1 Å². The zero-order chi connectivity index (χ0) is 18.5. The van der Waals surface area contributed by atoms with E-state index in [1.54, 1.807) is 12.4 Å². The van der Waals surface area contributed by atoms with Gasteiger partial charge in [-0.05, 0) is 37.6 Å². The molecule has 1 aromatic carbocycles. The maximum absolute atomic E-state index is 12.4. The van der Waals surface area contributed by atoms with Crippen LogP contribution in [0.1, 0.15) is 18.4 Å². The van der Waals surface area contributed by atoms with Gasteiger partial charge in [-0.25, -0.2) is 14.8 Å². The van der Waals surface area contributed by atoms with Gasteiger partial charge in [-0.1, -0.05) is 24.3 Å². The minimum Gasteiger partial charge on any atom is -0.480 e. The highest BCUT2D eigenvalue weighted by Gasteiger charge is 2.30. The van der Waals surface area contributed by atoms with Crippen LogP contribution in [0.3, 0.4) is 0 Å². The van der Waals surface area contributed by atoms with Crippen molar-refractivity contribution in [3.63, 3.8) is 0 Å². The average Bonchev–Trinajstić information content (AvgIpc) is 3.08. The minimum absolute atomic E-state index is 0.213. The first-order chi connectivity index (χ1) is 12.5. The SMILES string of the molecule is CN1CCC[C@H]1C(=O)N[C@@H](Cc1ccc(-c2cncnc2)cc1)C(=O)O. The van der Waals surface area contributed by atoms with Gasteiger partial charge in [-0.3, -0.25) is 9.69 Å². The number of hydrogen-bond donors (Lipinski definition) is 2. The van der Waals surface area contributed by atoms with Gasteiger partial charge in [0, 0.05) is 24.4 Å². The highest BCUT2D eigenvalue weighted by molar-refractivity contribution is 5.87. The first kappa shape index (κ1) is 18.0. The van der Waals surface area contributed by atoms with Crippen molar-refractivity contribution in [1.29, 1.82) is 0 Å². The molecule has 0 radical (unpaired) electrons. The minimum atomic E-state index is -1.03. The number of nitrogens with zero attached hydrogens (tertiary/aromatic N) is 3. The van der Waals surface area contributed by atoms with Crippen molar-refractivity contribution in [2.24, 2.45) is 0 Å². The number of benzene rings is 1. The lowest BCUT2D eigenvalue weighted by Gasteiger charge is -2.22. The number of nitrogens with one attached hydrogen (secondary N) is 1. The molecule has 2 heterocycles. The molecule has 1 saturated heterocycles. The molecule has 7 nitrogen and oxygen atoms in total. The Morgan fingerprint density at radius 2 is 1.92 bits per heavy atom. The Morgan fingerprint density at radius 1 is 1.23 bits per heavy atom. The lowest BCUT2D eigenvalue weighted by atomic mass is 10.0. The summed E-state index contributed by atoms with van der Waals surface area (Å²) in [6.45, 7) is 0.862. The quantitative estimate of drug-likeness (QED) is 0.813. The number of aromatic nitrogens is 2. The van der Waals surface area contributed by atoms with Crippen LogP contribution in [0.25, 0.3) is 11.1 Å². The van der Waals surface area contributed by atoms with E-state index in [0.29, 0.717) is 0 Å². The molecule has 7 heteroatoms. The van der Waals surface area contributed by atoms with E-state index in [2.05, 4.69) is 15.3 Å². The molecule has 1 fully saturated rings. The van der Waals surface area contributed by atoms with Crippen LogP contribution in [0.4, 0.5) is 0 Å². The lowest BCUT2D eigenvalue weighted by molar-refractivity contribution is -0.142. The molecule has 0 aliphatic carbocycles. The van der Waals surface area contributed by atoms with Crippen LogP contribution in [0.2, 0.25) is 0 Å². The summed E-state index contributed by atoms with van der Waals surface area (Å²) in [5.74, 6) is -1.24. The smallest absolute Gasteiger partial charge is 0.326 e. The van der Waals surface area contributed by atoms with Gasteiger partial charge in [-0.15, -0.1) is 0 Å². The number of carbonyl (C=O) groups is 2. The second-order valence-corrected chi connectivity index (χ2v) is 6.57. The van der Waals surface area contributed by atoms with Crippen molar-refractivity contribution in [2.45, 2.75) is 31.3 Å². The summed E-state index contributed by atoms with van der Waals surface area (Å²) >= 11 is 0. The Hall–Kier alpha value is -2.80. The molecule has 2 atom stereocenters. The normalized spacial score (nSPS) is 18.4. The molecule has 0 saturated carbocycles. The third-order valence-electron chi connectivity index (χ3n) is 4.73. The van der Waals surface area contributed by atoms with Gasteiger partial charge in [0.15, 0.2) is 0 Å². The van der Waals surface area contributed by atoms with Crippen LogP contribution in [0, 0.1) is 0 Å². The summed E-state index contributed by atoms with van der Waals surface area (Å²) in [6, 6.07) is 6.36. The summed E-state index contributed by atoms with van der Waals surface area (Å²) in [6.07, 6.45) is 6.88. The van der Waals surface area contributed by atoms with Crippen molar-refractivity contribution in [3.05, 3.63) is 48.5 Å². The van der Waals surface area contributed by atoms with Gasteiger partial charge in [0.2, 0.25) is 5.91 Å². The number of likely N-dealkylation sites (tertiary alicyclic amines) is 1. The van der Waals surface area contributed by atoms with Crippen LogP contribution in [-0.4, -0.2) is 57.5 Å². The predicted molar refractivity (Wildman–Crippen MR) is 96.4 cm³/mol. The largest absolute Gasteiger partial charge is 0.480 e. The van der Waals surface area contributed by atoms with Gasteiger partial charge in [0.25, 0.3) is 0 Å². The Bertz CT molecular complexity index is 764. The number of carboxylic acids is 1. The number of rotatable bonds is 6. The number of likely N-dealkylation sites (N-methyl/N-ethyl adjacent to an activating group) is 1. The first-order valence-corrected chi connectivity index (χ1v) is 8.62. The molecule has 1 aromatic heterocycles. The number of carbonyl (C=O) groups excluding carboxylic acids is 1. The maximum atomic E-state index is 12.4. The average molecular weight is 354 g/mol. The number of hydrogen-bond acceptors (Lipinski definition) is 5. The highest BCUT2D eigenvalue weighted by atomic mass is 16.4. The van der Waals surface area contributed by atoms with E-state index in [0.717, 1.165) is 36.1 Å². The van der Waals surface area contributed by atoms with Crippen LogP contribution < -0.4 is 5.32 Å². The lowest BCUT2D eigenvalue weighted by Crippen LogP contribution is -2.49. The summed E-state index contributed by atoms with van der Waals surface area (Å²) in [4.78, 5) is 33.9. The molecule has 26 heavy (non-hydrogen) atoms. The van der Waals surface area contributed by atoms with Crippen molar-refractivity contribution >= 4 is 11.9 Å². The second-order valence-electron chi connectivity index (χ2n) is 6.57. The maximum Gasteiger partial charge on any atom is 0.326 e. The molecule has 0 unspecified atom stereocenters. The standard InChI is InChI=1S/C19H22N4O3/c1-23-8-2-3-17(23)18(24)22-16(19(25)26)9-13-4-6-14(7-5-13)15-10-20-12-21-11-15/h4-7,10-12,16-17H,2-3,8-9H2,1H3,(H,22,24)(H,25,26)/t16-,17-/m0/s1. The summed E-state index contributed by atoms with van der Waals surface area (Å²) in [5.41, 5.74) is 2.70. The first-order valence-electron chi connectivity index (χ1n) is 8.62. The fourth-order valence-electron chi connectivity index (χ4n) is 3.23. The molecule has 2 aromatic rings. The summed E-state index contributed by atoms with van der Waals surface area (Å²) < 4.78 is 0. The van der Waals surface area contributed by atoms with E-state index in [1.165, 1.54) is 6.33 Å². The van der Waals surface area contributed by atoms with Gasteiger partial charge >= 0.3 is 5.97 Å². The Balaban J connectivity index is 1.66. The molecule has 1 aliphatic heterocycles. The van der Waals surface area contributed by atoms with Crippen molar-refractivity contribution in [1.82, 2.24) is 20.2 Å². The van der Waals surface area contributed by atoms with E-state index in [-0.39, 0.29) is 18.4 Å². The molecule has 1 amide bonds. The van der Waals surface area contributed by atoms with E-state index < -0.39 is 12.0 Å². The number of aliphatic carboxylic acids is 1. The monoisotopic (exact) mass is 354 g/mol. The molecule has 1 aliphatic rings. The molecule has 2 N–H and O–H groups in total. The topological polar surface area (TPSA) is 95.4 Å². The fraction of sp³-hybridized carbons (Fsp3) is 0.368. The molecule has 3 rings (SSSR count). The number of carboxylic acid groups (broad SMARTS) is 1. The number of amides is 1. The van der Waals surface area contributed by atoms with Gasteiger partial charge in [-0.2, -0.15) is 0 Å². The molecule has 0 bridgehead atoms. The van der Waals surface area contributed by atoms with E-state index in [9.17, 15) is 14.7 Å². The van der Waals surface area contributed by atoms with Crippen LogP contribution in [-0.2, 0) is 16.0 Å². The Morgan fingerprint density at radius 3 is 2.50 bits per heavy atom. The Labute approximate surface area is 152 Å². The third kappa shape index (κ3) is 4.23. The fourth-order valence-corrected chi connectivity index (χ4v) is 3.23. The van der Waals surface area contributed by atoms with Crippen LogP contribution >= 0.6 is 0 Å². The molecule has 136 valence electrons. The zero-order valence-corrected chi connectivity index (χ0v) is 14.6. The van der Waals surface area contributed by atoms with E-state index in [4.69, 9.17) is 0 Å². The van der Waals surface area contributed by atoms with Gasteiger partial charge in [0.05, 0.1) is 6.04 Å². The second kappa shape index (κ2) is 8.05. The van der Waals surface area contributed by atoms with E-state index in [1.807, 2.05) is 36.2 Å². The van der Waals surface area contributed by atoms with Crippen molar-refractivity contribution < 1.29 is 14.7 Å². The predicted octanol–water partition coefficient (Wildman–Crippen LogP) is 1.35.